The number of imidazole rings is 1. The summed E-state index contributed by atoms with van der Waals surface area (Å²) in [7, 11) is 0. The minimum atomic E-state index is -4.65. The van der Waals surface area contributed by atoms with Gasteiger partial charge in [-0.1, -0.05) is 11.6 Å². The first kappa shape index (κ1) is 22.3. The highest BCUT2D eigenvalue weighted by molar-refractivity contribution is 6.31. The number of aliphatic hydroxyl groups is 1. The van der Waals surface area contributed by atoms with Gasteiger partial charge in [-0.25, -0.2) is 19.7 Å². The maximum absolute atomic E-state index is 13.0. The lowest BCUT2D eigenvalue weighted by Gasteiger charge is -2.13. The number of alkyl halides is 3. The van der Waals surface area contributed by atoms with Crippen LogP contribution in [0, 0.1) is 0 Å². The van der Waals surface area contributed by atoms with Gasteiger partial charge in [0, 0.05) is 17.1 Å². The summed E-state index contributed by atoms with van der Waals surface area (Å²) >= 11 is 5.59. The smallest absolute Gasteiger partial charge is 0.388 e. The molecule has 0 aliphatic carbocycles. The Kier molecular flexibility index (Phi) is 5.78. The van der Waals surface area contributed by atoms with Gasteiger partial charge in [-0.15, -0.1) is 0 Å². The van der Waals surface area contributed by atoms with E-state index >= 15 is 0 Å². The maximum Gasteiger partial charge on any atom is 0.417 e. The SMILES string of the molecule is Nc1ncnc2c1nc(CO)n2-c1ccc(NC(=O)Nc2ccc(Cl)c(C(F)(F)F)c2)cc1. The summed E-state index contributed by atoms with van der Waals surface area (Å²) in [5.74, 6) is 0.457. The molecule has 0 spiro atoms. The Hall–Kier alpha value is -3.90. The lowest BCUT2D eigenvalue weighted by atomic mass is 10.2. The number of nitrogen functional groups attached to an aromatic ring is 1. The highest BCUT2D eigenvalue weighted by atomic mass is 35.5. The average molecular weight is 478 g/mol. The Morgan fingerprint density at radius 3 is 2.42 bits per heavy atom. The van der Waals surface area contributed by atoms with Crippen LogP contribution in [-0.4, -0.2) is 30.7 Å². The van der Waals surface area contributed by atoms with Crippen molar-refractivity contribution in [3.05, 3.63) is 65.2 Å². The van der Waals surface area contributed by atoms with Gasteiger partial charge < -0.3 is 21.5 Å². The van der Waals surface area contributed by atoms with Gasteiger partial charge in [0.15, 0.2) is 17.0 Å². The lowest BCUT2D eigenvalue weighted by molar-refractivity contribution is -0.137. The second-order valence-electron chi connectivity index (χ2n) is 6.77. The molecule has 4 rings (SSSR count). The molecule has 170 valence electrons. The van der Waals surface area contributed by atoms with Crippen LogP contribution in [0.5, 0.6) is 0 Å². The molecule has 9 nitrogen and oxygen atoms in total. The number of urea groups is 1. The molecule has 0 fully saturated rings. The summed E-state index contributed by atoms with van der Waals surface area (Å²) in [6.07, 6.45) is -3.38. The van der Waals surface area contributed by atoms with Crippen molar-refractivity contribution in [2.24, 2.45) is 0 Å². The number of fused-ring (bicyclic) bond motifs is 1. The third kappa shape index (κ3) is 4.52. The molecule has 2 aromatic heterocycles. The second-order valence-corrected chi connectivity index (χ2v) is 7.18. The van der Waals surface area contributed by atoms with Crippen molar-refractivity contribution in [3.8, 4) is 5.69 Å². The maximum atomic E-state index is 13.0. The van der Waals surface area contributed by atoms with Gasteiger partial charge in [0.2, 0.25) is 0 Å². The molecule has 2 aromatic carbocycles. The Balaban J connectivity index is 1.53. The van der Waals surface area contributed by atoms with Crippen LogP contribution in [0.4, 0.5) is 35.2 Å². The molecule has 0 aliphatic rings. The number of carbonyl (C=O) groups excluding carboxylic acids is 1. The third-order valence-corrected chi connectivity index (χ3v) is 4.93. The number of nitrogens with one attached hydrogen (secondary N) is 2. The predicted molar refractivity (Wildman–Crippen MR) is 116 cm³/mol. The average Bonchev–Trinajstić information content (AvgIpc) is 3.15. The van der Waals surface area contributed by atoms with Crippen LogP contribution in [0.1, 0.15) is 11.4 Å². The van der Waals surface area contributed by atoms with Gasteiger partial charge in [-0.3, -0.25) is 4.57 Å². The second kappa shape index (κ2) is 8.56. The standard InChI is InChI=1S/C20H15ClF3N7O2/c21-14-6-3-11(7-13(14)20(22,23)24)29-19(33)28-10-1-4-12(5-2-10)31-15(8-32)30-16-17(25)26-9-27-18(16)31/h1-7,9,32H,8H2,(H2,25,26,27)(H2,28,29,33). The van der Waals surface area contributed by atoms with E-state index in [2.05, 4.69) is 25.6 Å². The van der Waals surface area contributed by atoms with Gasteiger partial charge in [0.1, 0.15) is 18.8 Å². The number of rotatable bonds is 4. The Labute approximate surface area is 189 Å². The van der Waals surface area contributed by atoms with Crippen molar-refractivity contribution in [1.82, 2.24) is 19.5 Å². The van der Waals surface area contributed by atoms with Crippen molar-refractivity contribution in [3.63, 3.8) is 0 Å². The van der Waals surface area contributed by atoms with Gasteiger partial charge in [-0.2, -0.15) is 13.2 Å². The highest BCUT2D eigenvalue weighted by Gasteiger charge is 2.33. The quantitative estimate of drug-likeness (QED) is 0.348. The monoisotopic (exact) mass is 477 g/mol. The largest absolute Gasteiger partial charge is 0.417 e. The molecule has 0 aliphatic heterocycles. The van der Waals surface area contributed by atoms with E-state index in [9.17, 15) is 23.1 Å². The Morgan fingerprint density at radius 1 is 1.09 bits per heavy atom. The molecular weight excluding hydrogens is 463 g/mol. The molecule has 13 heteroatoms. The number of benzene rings is 2. The molecule has 0 saturated carbocycles. The van der Waals surface area contributed by atoms with E-state index in [4.69, 9.17) is 17.3 Å². The van der Waals surface area contributed by atoms with Gasteiger partial charge in [-0.05, 0) is 42.5 Å². The highest BCUT2D eigenvalue weighted by Crippen LogP contribution is 2.36. The number of anilines is 3. The summed E-state index contributed by atoms with van der Waals surface area (Å²) < 4.78 is 40.6. The number of hydrogen-bond donors (Lipinski definition) is 4. The van der Waals surface area contributed by atoms with Crippen LogP contribution in [0.25, 0.3) is 16.9 Å². The fourth-order valence-electron chi connectivity index (χ4n) is 3.14. The third-order valence-electron chi connectivity index (χ3n) is 4.60. The molecule has 2 heterocycles. The summed E-state index contributed by atoms with van der Waals surface area (Å²) in [5.41, 5.74) is 6.38. The van der Waals surface area contributed by atoms with Crippen LogP contribution in [-0.2, 0) is 12.8 Å². The van der Waals surface area contributed by atoms with Gasteiger partial charge in [0.25, 0.3) is 0 Å². The van der Waals surface area contributed by atoms with E-state index < -0.39 is 22.8 Å². The van der Waals surface area contributed by atoms with Crippen LogP contribution in [0.15, 0.2) is 48.8 Å². The van der Waals surface area contributed by atoms with Crippen LogP contribution in [0.2, 0.25) is 5.02 Å². The topological polar surface area (TPSA) is 131 Å². The van der Waals surface area contributed by atoms with E-state index in [1.165, 1.54) is 12.4 Å². The van der Waals surface area contributed by atoms with E-state index in [1.807, 2.05) is 0 Å². The number of aliphatic hydroxyl groups excluding tert-OH is 1. The van der Waals surface area contributed by atoms with Crippen LogP contribution in [0.3, 0.4) is 0 Å². The van der Waals surface area contributed by atoms with Crippen molar-refractivity contribution < 1.29 is 23.1 Å². The first-order chi connectivity index (χ1) is 15.7. The van der Waals surface area contributed by atoms with Crippen molar-refractivity contribution in [1.29, 1.82) is 0 Å². The summed E-state index contributed by atoms with van der Waals surface area (Å²) in [5, 5.41) is 14.0. The molecule has 5 N–H and O–H groups in total. The number of hydrogen-bond acceptors (Lipinski definition) is 6. The molecule has 0 radical (unpaired) electrons. The van der Waals surface area contributed by atoms with E-state index in [-0.39, 0.29) is 18.1 Å². The lowest BCUT2D eigenvalue weighted by Crippen LogP contribution is -2.20. The van der Waals surface area contributed by atoms with Crippen molar-refractivity contribution in [2.45, 2.75) is 12.8 Å². The number of nitrogens with two attached hydrogens (primary N) is 1. The summed E-state index contributed by atoms with van der Waals surface area (Å²) in [4.78, 5) is 24.5. The fraction of sp³-hybridized carbons (Fsp3) is 0.100. The molecule has 2 amide bonds. The zero-order valence-corrected chi connectivity index (χ0v) is 17.3. The minimum absolute atomic E-state index is 0.0735. The van der Waals surface area contributed by atoms with Crippen molar-refractivity contribution >= 4 is 46.0 Å². The molecule has 4 aromatic rings. The Morgan fingerprint density at radius 2 is 1.76 bits per heavy atom. The molecule has 0 bridgehead atoms. The normalized spacial score (nSPS) is 11.5. The van der Waals surface area contributed by atoms with E-state index in [0.29, 0.717) is 28.4 Å². The number of carbonyl (C=O) groups is 1. The predicted octanol–water partition coefficient (Wildman–Crippen LogP) is 4.21. The van der Waals surface area contributed by atoms with E-state index in [1.54, 1.807) is 28.8 Å². The van der Waals surface area contributed by atoms with Gasteiger partial charge >= 0.3 is 12.2 Å². The molecule has 33 heavy (non-hydrogen) atoms. The van der Waals surface area contributed by atoms with Crippen LogP contribution >= 0.6 is 11.6 Å². The number of nitrogens with zero attached hydrogens (tertiary/aromatic N) is 4. The van der Waals surface area contributed by atoms with Crippen molar-refractivity contribution in [2.75, 3.05) is 16.4 Å². The zero-order chi connectivity index (χ0) is 23.8. The van der Waals surface area contributed by atoms with E-state index in [0.717, 1.165) is 12.1 Å². The zero-order valence-electron chi connectivity index (χ0n) is 16.6. The molecule has 0 saturated heterocycles. The molecule has 0 unspecified atom stereocenters. The molecular formula is C20H15ClF3N7O2. The number of amides is 2. The Bertz CT molecular complexity index is 1340. The number of halogens is 4. The summed E-state index contributed by atoms with van der Waals surface area (Å²) in [6, 6.07) is 8.72. The van der Waals surface area contributed by atoms with Gasteiger partial charge in [0.05, 0.1) is 10.6 Å². The summed E-state index contributed by atoms with van der Waals surface area (Å²) in [6.45, 7) is -0.376. The first-order valence-electron chi connectivity index (χ1n) is 9.31. The molecule has 0 atom stereocenters. The fourth-order valence-corrected chi connectivity index (χ4v) is 3.36. The number of aromatic nitrogens is 4. The first-order valence-corrected chi connectivity index (χ1v) is 9.69. The van der Waals surface area contributed by atoms with Crippen LogP contribution < -0.4 is 16.4 Å². The minimum Gasteiger partial charge on any atom is -0.388 e.